The molecule has 0 aromatic heterocycles. The van der Waals surface area contributed by atoms with Crippen LogP contribution in [0.25, 0.3) is 0 Å². The van der Waals surface area contributed by atoms with Crippen LogP contribution < -0.4 is 5.32 Å². The first-order valence-corrected chi connectivity index (χ1v) is 6.54. The monoisotopic (exact) mass is 339 g/mol. The lowest BCUT2D eigenvalue weighted by Crippen LogP contribution is -2.40. The molecule has 0 heterocycles. The van der Waals surface area contributed by atoms with Crippen molar-refractivity contribution in [3.63, 3.8) is 0 Å². The molecule has 0 aliphatic carbocycles. The van der Waals surface area contributed by atoms with Gasteiger partial charge < -0.3 is 10.1 Å². The number of methoxy groups -OCH3 is 1. The van der Waals surface area contributed by atoms with Gasteiger partial charge in [-0.2, -0.15) is 13.2 Å². The third kappa shape index (κ3) is 4.50. The highest BCUT2D eigenvalue weighted by Crippen LogP contribution is 2.31. The van der Waals surface area contributed by atoms with Crippen molar-refractivity contribution in [1.29, 1.82) is 0 Å². The molecule has 3 nitrogen and oxygen atoms in total. The number of carbonyl (C=O) groups is 1. The highest BCUT2D eigenvalue weighted by Gasteiger charge is 2.35. The van der Waals surface area contributed by atoms with Crippen molar-refractivity contribution in [2.75, 3.05) is 19.0 Å². The maximum Gasteiger partial charge on any atom is 0.417 e. The van der Waals surface area contributed by atoms with Crippen molar-refractivity contribution in [2.45, 2.75) is 12.2 Å². The van der Waals surface area contributed by atoms with Gasteiger partial charge in [-0.15, -0.1) is 0 Å². The number of hydrogen-bond acceptors (Lipinski definition) is 2. The fourth-order valence-electron chi connectivity index (χ4n) is 1.52. The van der Waals surface area contributed by atoms with Crippen molar-refractivity contribution in [3.05, 3.63) is 35.4 Å². The van der Waals surface area contributed by atoms with E-state index >= 15 is 0 Å². The van der Waals surface area contributed by atoms with Crippen LogP contribution in [0.5, 0.6) is 0 Å². The summed E-state index contributed by atoms with van der Waals surface area (Å²) >= 11 is 3.16. The summed E-state index contributed by atoms with van der Waals surface area (Å²) in [5.41, 5.74) is -1.34. The molecule has 0 aliphatic rings. The van der Waals surface area contributed by atoms with E-state index in [1.165, 1.54) is 19.2 Å². The SMILES string of the molecule is COCC(CBr)NC(=O)c1ccccc1C(F)(F)F. The lowest BCUT2D eigenvalue weighted by atomic mass is 10.1. The van der Waals surface area contributed by atoms with E-state index in [9.17, 15) is 18.0 Å². The fourth-order valence-corrected chi connectivity index (χ4v) is 1.87. The number of ether oxygens (including phenoxy) is 1. The summed E-state index contributed by atoms with van der Waals surface area (Å²) in [6, 6.07) is 4.28. The first kappa shape index (κ1) is 16.0. The zero-order valence-electron chi connectivity index (χ0n) is 10.1. The summed E-state index contributed by atoms with van der Waals surface area (Å²) in [7, 11) is 1.45. The number of rotatable bonds is 5. The lowest BCUT2D eigenvalue weighted by molar-refractivity contribution is -0.137. The van der Waals surface area contributed by atoms with E-state index in [0.717, 1.165) is 12.1 Å². The molecule has 1 amide bonds. The second-order valence-corrected chi connectivity index (χ2v) is 4.47. The van der Waals surface area contributed by atoms with Crippen LogP contribution in [-0.4, -0.2) is 31.0 Å². The molecule has 0 spiro atoms. The van der Waals surface area contributed by atoms with Gasteiger partial charge in [-0.05, 0) is 12.1 Å². The Bertz CT molecular complexity index is 437. The van der Waals surface area contributed by atoms with Crippen molar-refractivity contribution in [2.24, 2.45) is 0 Å². The molecule has 0 saturated heterocycles. The minimum absolute atomic E-state index is 0.213. The van der Waals surface area contributed by atoms with E-state index in [1.54, 1.807) is 0 Å². The molecule has 1 rings (SSSR count). The Balaban J connectivity index is 2.94. The minimum Gasteiger partial charge on any atom is -0.383 e. The predicted molar refractivity (Wildman–Crippen MR) is 68.4 cm³/mol. The molecule has 1 atom stereocenters. The number of halogens is 4. The van der Waals surface area contributed by atoms with Gasteiger partial charge in [0.2, 0.25) is 0 Å². The van der Waals surface area contributed by atoms with Crippen LogP contribution in [0, 0.1) is 0 Å². The number of nitrogens with one attached hydrogen (secondary N) is 1. The lowest BCUT2D eigenvalue weighted by Gasteiger charge is -2.17. The molecule has 1 unspecified atom stereocenters. The summed E-state index contributed by atoms with van der Waals surface area (Å²) in [4.78, 5) is 11.9. The molecule has 0 saturated carbocycles. The molecular weight excluding hydrogens is 327 g/mol. The summed E-state index contributed by atoms with van der Waals surface area (Å²) < 4.78 is 43.1. The Hall–Kier alpha value is -1.08. The predicted octanol–water partition coefficient (Wildman–Crippen LogP) is 2.85. The van der Waals surface area contributed by atoms with E-state index in [0.29, 0.717) is 5.33 Å². The van der Waals surface area contributed by atoms with Gasteiger partial charge in [0, 0.05) is 12.4 Å². The summed E-state index contributed by atoms with van der Waals surface area (Å²) in [5.74, 6) is -0.769. The fraction of sp³-hybridized carbons (Fsp3) is 0.417. The molecule has 19 heavy (non-hydrogen) atoms. The summed E-state index contributed by atoms with van der Waals surface area (Å²) in [5, 5.41) is 2.88. The van der Waals surface area contributed by atoms with Gasteiger partial charge in [0.25, 0.3) is 5.91 Å². The molecule has 1 aromatic rings. The molecule has 106 valence electrons. The Morgan fingerprint density at radius 2 is 2.05 bits per heavy atom. The van der Waals surface area contributed by atoms with Crippen LogP contribution in [0.1, 0.15) is 15.9 Å². The first-order chi connectivity index (χ1) is 8.90. The molecule has 7 heteroatoms. The van der Waals surface area contributed by atoms with Gasteiger partial charge in [0.1, 0.15) is 0 Å². The second-order valence-electron chi connectivity index (χ2n) is 3.82. The van der Waals surface area contributed by atoms with E-state index in [2.05, 4.69) is 21.2 Å². The average molecular weight is 340 g/mol. The van der Waals surface area contributed by atoms with Crippen LogP contribution in [-0.2, 0) is 10.9 Å². The summed E-state index contributed by atoms with van der Waals surface area (Å²) in [6.07, 6.45) is -4.56. The van der Waals surface area contributed by atoms with Crippen LogP contribution in [0.3, 0.4) is 0 Å². The Morgan fingerprint density at radius 3 is 2.58 bits per heavy atom. The van der Waals surface area contributed by atoms with Gasteiger partial charge in [-0.25, -0.2) is 0 Å². The van der Waals surface area contributed by atoms with Gasteiger partial charge in [0.05, 0.1) is 23.8 Å². The number of hydrogen-bond donors (Lipinski definition) is 1. The maximum atomic E-state index is 12.8. The molecule has 0 bridgehead atoms. The standard InChI is InChI=1S/C12H13BrF3NO2/c1-19-7-8(6-13)17-11(18)9-4-2-3-5-10(9)12(14,15)16/h2-5,8H,6-7H2,1H3,(H,17,18). The van der Waals surface area contributed by atoms with E-state index in [-0.39, 0.29) is 6.61 Å². The second kappa shape index (κ2) is 6.91. The van der Waals surface area contributed by atoms with Gasteiger partial charge in [-0.3, -0.25) is 4.79 Å². The van der Waals surface area contributed by atoms with Crippen molar-refractivity contribution < 1.29 is 22.7 Å². The van der Waals surface area contributed by atoms with Crippen molar-refractivity contribution >= 4 is 21.8 Å². The zero-order valence-corrected chi connectivity index (χ0v) is 11.7. The van der Waals surface area contributed by atoms with Gasteiger partial charge >= 0.3 is 6.18 Å². The van der Waals surface area contributed by atoms with Crippen molar-refractivity contribution in [1.82, 2.24) is 5.32 Å². The Kier molecular flexibility index (Phi) is 5.81. The molecule has 0 radical (unpaired) electrons. The molecule has 0 aliphatic heterocycles. The molecule has 0 fully saturated rings. The molecule has 1 N–H and O–H groups in total. The number of carbonyl (C=O) groups excluding carboxylic acids is 1. The third-order valence-electron chi connectivity index (χ3n) is 2.37. The highest BCUT2D eigenvalue weighted by molar-refractivity contribution is 9.09. The van der Waals surface area contributed by atoms with E-state index in [4.69, 9.17) is 4.74 Å². The van der Waals surface area contributed by atoms with Gasteiger partial charge in [-0.1, -0.05) is 28.1 Å². The number of amides is 1. The molecule has 1 aromatic carbocycles. The average Bonchev–Trinajstić information content (AvgIpc) is 2.37. The van der Waals surface area contributed by atoms with Crippen molar-refractivity contribution in [3.8, 4) is 0 Å². The van der Waals surface area contributed by atoms with E-state index < -0.39 is 29.3 Å². The van der Waals surface area contributed by atoms with Crippen LogP contribution in [0.2, 0.25) is 0 Å². The molecular formula is C12H13BrF3NO2. The first-order valence-electron chi connectivity index (χ1n) is 5.42. The topological polar surface area (TPSA) is 38.3 Å². The number of benzene rings is 1. The smallest absolute Gasteiger partial charge is 0.383 e. The van der Waals surface area contributed by atoms with E-state index in [1.807, 2.05) is 0 Å². The highest BCUT2D eigenvalue weighted by atomic mass is 79.9. The maximum absolute atomic E-state index is 12.8. The normalized spacial score (nSPS) is 13.1. The largest absolute Gasteiger partial charge is 0.417 e. The Labute approximate surface area is 117 Å². The van der Waals surface area contributed by atoms with Gasteiger partial charge in [0.15, 0.2) is 0 Å². The quantitative estimate of drug-likeness (QED) is 0.837. The van der Waals surface area contributed by atoms with Crippen LogP contribution in [0.4, 0.5) is 13.2 Å². The number of alkyl halides is 4. The summed E-state index contributed by atoms with van der Waals surface area (Å²) in [6.45, 7) is 0.213. The van der Waals surface area contributed by atoms with Crippen LogP contribution >= 0.6 is 15.9 Å². The van der Waals surface area contributed by atoms with Crippen LogP contribution in [0.15, 0.2) is 24.3 Å². The zero-order chi connectivity index (χ0) is 14.5. The minimum atomic E-state index is -4.56. The Morgan fingerprint density at radius 1 is 1.42 bits per heavy atom. The third-order valence-corrected chi connectivity index (χ3v) is 3.15.